The monoisotopic (exact) mass is 667 g/mol. The molecule has 48 heavy (non-hydrogen) atoms. The largest absolute Gasteiger partial charge is 0.463 e. The number of H-pyrrole nitrogens is 1. The summed E-state index contributed by atoms with van der Waals surface area (Å²) in [5.41, 5.74) is -1.81. The van der Waals surface area contributed by atoms with Crippen molar-refractivity contribution in [2.24, 2.45) is 0 Å². The molecule has 5 heterocycles. The molecule has 4 aromatic rings. The van der Waals surface area contributed by atoms with E-state index >= 15 is 4.39 Å². The number of halogens is 3. The number of alkyl halides is 2. The lowest BCUT2D eigenvalue weighted by Gasteiger charge is -2.36. The number of amides is 1. The molecular weight excluding hydrogens is 625 g/mol. The highest BCUT2D eigenvalue weighted by Gasteiger charge is 2.49. The number of aryl methyl sites for hydroxylation is 1. The van der Waals surface area contributed by atoms with Crippen molar-refractivity contribution < 1.29 is 31.6 Å². The molecule has 3 aliphatic rings. The average molecular weight is 668 g/mol. The van der Waals surface area contributed by atoms with Crippen LogP contribution in [0.4, 0.5) is 18.0 Å². The summed E-state index contributed by atoms with van der Waals surface area (Å²) in [4.78, 5) is 39.0. The van der Waals surface area contributed by atoms with Crippen molar-refractivity contribution in [2.45, 2.75) is 68.8 Å². The van der Waals surface area contributed by atoms with Gasteiger partial charge in [0.2, 0.25) is 0 Å². The van der Waals surface area contributed by atoms with Crippen molar-refractivity contribution in [1.29, 1.82) is 0 Å². The van der Waals surface area contributed by atoms with Crippen LogP contribution in [0.1, 0.15) is 48.6 Å². The minimum absolute atomic E-state index is 0.00687. The Labute approximate surface area is 279 Å². The highest BCUT2D eigenvalue weighted by Crippen LogP contribution is 2.40. The maximum absolute atomic E-state index is 16.4. The summed E-state index contributed by atoms with van der Waals surface area (Å²) in [5, 5.41) is 6.59. The molecule has 10 nitrogen and oxygen atoms in total. The van der Waals surface area contributed by atoms with Crippen molar-refractivity contribution in [3.05, 3.63) is 64.3 Å². The highest BCUT2D eigenvalue weighted by atomic mass is 19.1. The van der Waals surface area contributed by atoms with Gasteiger partial charge in [-0.2, -0.15) is 4.98 Å². The van der Waals surface area contributed by atoms with Crippen LogP contribution in [0.15, 0.2) is 47.4 Å². The summed E-state index contributed by atoms with van der Waals surface area (Å²) in [5.74, 6) is -0.799. The zero-order chi connectivity index (χ0) is 36.0. The number of aromatic nitrogens is 3. The molecule has 0 radical (unpaired) electrons. The molecule has 3 fully saturated rings. The Kier molecular flexibility index (Phi) is 7.79. The molecule has 2 unspecified atom stereocenters. The lowest BCUT2D eigenvalue weighted by molar-refractivity contribution is 0.107. The van der Waals surface area contributed by atoms with Crippen molar-refractivity contribution in [1.82, 2.24) is 30.5 Å². The van der Waals surface area contributed by atoms with Crippen LogP contribution in [0.3, 0.4) is 0 Å². The Hall–Kier alpha value is -4.23. The smallest absolute Gasteiger partial charge is 0.407 e. The number of aromatic amines is 1. The second-order valence-electron chi connectivity index (χ2n) is 13.1. The van der Waals surface area contributed by atoms with Crippen molar-refractivity contribution in [2.75, 3.05) is 39.4 Å². The Morgan fingerprint density at radius 1 is 1.21 bits per heavy atom. The molecule has 0 saturated carbocycles. The van der Waals surface area contributed by atoms with E-state index in [9.17, 15) is 18.4 Å². The van der Waals surface area contributed by atoms with Crippen LogP contribution < -0.4 is 20.9 Å². The molecule has 0 spiro atoms. The first-order valence-corrected chi connectivity index (χ1v) is 16.3. The number of carbonyl (C=O) groups excluding carboxylic acids is 1. The Morgan fingerprint density at radius 3 is 2.90 bits per heavy atom. The van der Waals surface area contributed by atoms with E-state index in [4.69, 9.17) is 13.6 Å². The molecule has 13 heteroatoms. The van der Waals surface area contributed by atoms with E-state index in [1.54, 1.807) is 12.1 Å². The topological polar surface area (TPSA) is 121 Å². The fourth-order valence-corrected chi connectivity index (χ4v) is 7.50. The molecule has 1 amide bonds. The van der Waals surface area contributed by atoms with Gasteiger partial charge in [0.1, 0.15) is 30.2 Å². The molecule has 2 aromatic heterocycles. The zero-order valence-electron chi connectivity index (χ0n) is 29.3. The van der Waals surface area contributed by atoms with Gasteiger partial charge in [-0.1, -0.05) is 36.4 Å². The van der Waals surface area contributed by atoms with Crippen LogP contribution >= 0.6 is 0 Å². The first kappa shape index (κ1) is 28.8. The summed E-state index contributed by atoms with van der Waals surface area (Å²) in [7, 11) is 0. The van der Waals surface area contributed by atoms with E-state index in [-0.39, 0.29) is 55.3 Å². The van der Waals surface area contributed by atoms with E-state index in [0.29, 0.717) is 36.8 Å². The van der Waals surface area contributed by atoms with E-state index in [0.717, 1.165) is 30.3 Å². The number of alkyl carbamates (subject to hydrolysis) is 1. The number of piperidine rings is 1. The second kappa shape index (κ2) is 13.0. The number of nitrogens with zero attached hydrogens (tertiary/aromatic N) is 3. The van der Waals surface area contributed by atoms with Gasteiger partial charge < -0.3 is 20.1 Å². The number of fused-ring (bicyclic) bond motifs is 3. The fourth-order valence-electron chi connectivity index (χ4n) is 7.50. The van der Waals surface area contributed by atoms with Crippen LogP contribution in [-0.4, -0.2) is 88.8 Å². The molecule has 0 bridgehead atoms. The number of rotatable bonds is 9. The van der Waals surface area contributed by atoms with Crippen LogP contribution in [0.25, 0.3) is 32.9 Å². The summed E-state index contributed by atoms with van der Waals surface area (Å²) >= 11 is 0. The lowest BCUT2D eigenvalue weighted by Crippen LogP contribution is -2.58. The van der Waals surface area contributed by atoms with Gasteiger partial charge in [-0.15, -0.1) is 0 Å². The predicted molar refractivity (Wildman–Crippen MR) is 175 cm³/mol. The van der Waals surface area contributed by atoms with Crippen molar-refractivity contribution in [3.63, 3.8) is 0 Å². The molecule has 3 saturated heterocycles. The number of carbonyl (C=O) groups is 1. The molecule has 3 N–H and O–H groups in total. The molecule has 2 aromatic carbocycles. The van der Waals surface area contributed by atoms with Crippen molar-refractivity contribution in [3.8, 4) is 17.3 Å². The quantitative estimate of drug-likeness (QED) is 0.214. The predicted octanol–water partition coefficient (Wildman–Crippen LogP) is 4.98. The normalized spacial score (nSPS) is 26.9. The summed E-state index contributed by atoms with van der Waals surface area (Å²) in [6.07, 6.45) is 0.352. The van der Waals surface area contributed by atoms with Gasteiger partial charge in [0, 0.05) is 48.3 Å². The molecule has 0 aliphatic carbocycles. The second-order valence-corrected chi connectivity index (χ2v) is 13.1. The molecule has 4 atom stereocenters. The van der Waals surface area contributed by atoms with Gasteiger partial charge in [0.05, 0.1) is 23.1 Å². The number of benzene rings is 2. The van der Waals surface area contributed by atoms with Gasteiger partial charge in [-0.05, 0) is 55.4 Å². The first-order valence-electron chi connectivity index (χ1n) is 17.8. The first-order chi connectivity index (χ1) is 24.4. The lowest BCUT2D eigenvalue weighted by atomic mass is 9.91. The third-order valence-corrected chi connectivity index (χ3v) is 9.68. The SMILES string of the molecule is [2H]C([2H])([2H])C1(NC(=O)OCCCc2cccc3cccc(-c4ncc5c(=O)[nH]c(OC[C@@]67CCCN6C[C@H](F)C7)nc5c4F)c23)CNCC(F)C1. The maximum atomic E-state index is 16.4. The number of hydrogen-bond acceptors (Lipinski definition) is 8. The van der Waals surface area contributed by atoms with Crippen LogP contribution in [0.5, 0.6) is 6.01 Å². The van der Waals surface area contributed by atoms with Crippen LogP contribution in [-0.2, 0) is 11.2 Å². The van der Waals surface area contributed by atoms with E-state index in [1.807, 2.05) is 24.3 Å². The Morgan fingerprint density at radius 2 is 2.06 bits per heavy atom. The van der Waals surface area contributed by atoms with Gasteiger partial charge in [0.25, 0.3) is 11.6 Å². The van der Waals surface area contributed by atoms with Crippen LogP contribution in [0, 0.1) is 5.82 Å². The molecular formula is C35H39F3N6O4. The number of hydrogen-bond donors (Lipinski definition) is 3. The highest BCUT2D eigenvalue weighted by molar-refractivity contribution is 5.99. The Balaban J connectivity index is 1.10. The van der Waals surface area contributed by atoms with Crippen molar-refractivity contribution >= 4 is 27.8 Å². The maximum Gasteiger partial charge on any atom is 0.407 e. The fraction of sp³-hybridized carbons (Fsp3) is 0.486. The molecule has 3 aliphatic heterocycles. The zero-order valence-corrected chi connectivity index (χ0v) is 26.3. The number of ether oxygens (including phenoxy) is 2. The minimum atomic E-state index is -2.65. The van der Waals surface area contributed by atoms with E-state index in [2.05, 4.69) is 30.5 Å². The molecule has 254 valence electrons. The van der Waals surface area contributed by atoms with Gasteiger partial charge >= 0.3 is 6.09 Å². The van der Waals surface area contributed by atoms with Gasteiger partial charge in [-0.3, -0.25) is 19.7 Å². The van der Waals surface area contributed by atoms with Gasteiger partial charge in [0.15, 0.2) is 5.82 Å². The van der Waals surface area contributed by atoms with E-state index < -0.39 is 47.7 Å². The van der Waals surface area contributed by atoms with Gasteiger partial charge in [-0.25, -0.2) is 18.0 Å². The standard InChI is InChI=1S/C35H39F3N6O4/c1-34(14-23(36)16-39-19-34)43-33(46)47-13-4-9-22-7-2-6-21-8-3-10-25(27(21)22)29-28(38)30-26(17-40-29)31(45)42-32(41-30)48-20-35-11-5-12-44(35)18-24(37)15-35/h2-3,6-8,10,17,23-24,39H,4-5,9,11-16,18-20H2,1H3,(H,43,46)(H,41,42,45)/t23?,24-,34?,35+/m1/s1/i1D3. The number of nitrogens with one attached hydrogen (secondary N) is 3. The average Bonchev–Trinajstić information content (AvgIpc) is 3.61. The summed E-state index contributed by atoms with van der Waals surface area (Å²) < 4.78 is 79.7. The third kappa shape index (κ3) is 6.33. The third-order valence-electron chi connectivity index (χ3n) is 9.68. The summed E-state index contributed by atoms with van der Waals surface area (Å²) in [6.45, 7) is -1.58. The molecule has 7 rings (SSSR count). The van der Waals surface area contributed by atoms with Crippen LogP contribution in [0.2, 0.25) is 0 Å². The Bertz CT molecular complexity index is 2010. The van der Waals surface area contributed by atoms with E-state index in [1.165, 1.54) is 6.20 Å². The summed E-state index contributed by atoms with van der Waals surface area (Å²) in [6, 6.07) is 10.8. The number of pyridine rings is 1. The minimum Gasteiger partial charge on any atom is -0.463 e.